The van der Waals surface area contributed by atoms with Gasteiger partial charge < -0.3 is 14.9 Å². The third-order valence-electron chi connectivity index (χ3n) is 4.16. The van der Waals surface area contributed by atoms with Gasteiger partial charge in [-0.05, 0) is 18.2 Å². The maximum absolute atomic E-state index is 11.5. The first-order valence-corrected chi connectivity index (χ1v) is 7.63. The number of rotatable bonds is 4. The van der Waals surface area contributed by atoms with Crippen LogP contribution in [0.25, 0.3) is 0 Å². The van der Waals surface area contributed by atoms with Crippen molar-refractivity contribution in [2.45, 2.75) is 0 Å². The largest absolute Gasteiger partial charge is 0.478 e. The number of benzene rings is 2. The maximum Gasteiger partial charge on any atom is 0.338 e. The third kappa shape index (κ3) is 3.15. The number of hydrogen-bond acceptors (Lipinski definition) is 5. The van der Waals surface area contributed by atoms with Crippen molar-refractivity contribution >= 4 is 23.0 Å². The topological polar surface area (TPSA) is 86.9 Å². The molecule has 0 unspecified atom stereocenters. The summed E-state index contributed by atoms with van der Waals surface area (Å²) in [5.41, 5.74) is 1.43. The number of para-hydroxylation sites is 1. The van der Waals surface area contributed by atoms with Gasteiger partial charge in [0, 0.05) is 44.0 Å². The van der Waals surface area contributed by atoms with E-state index in [1.54, 1.807) is 0 Å². The lowest BCUT2D eigenvalue weighted by atomic mass is 10.1. The SMILES string of the molecule is O=C(O)c1cc([N+](=O)[O-])ccc1N1CCN(c2ccccc2)CC1. The fourth-order valence-electron chi connectivity index (χ4n) is 2.93. The van der Waals surface area contributed by atoms with E-state index in [2.05, 4.69) is 4.90 Å². The second kappa shape index (κ2) is 6.57. The Kier molecular flexibility index (Phi) is 4.33. The van der Waals surface area contributed by atoms with Gasteiger partial charge in [-0.25, -0.2) is 4.79 Å². The third-order valence-corrected chi connectivity index (χ3v) is 4.16. The molecule has 0 bridgehead atoms. The summed E-state index contributed by atoms with van der Waals surface area (Å²) in [6.07, 6.45) is 0. The molecule has 7 heteroatoms. The number of nitrogens with zero attached hydrogens (tertiary/aromatic N) is 3. The van der Waals surface area contributed by atoms with Crippen LogP contribution in [0.4, 0.5) is 17.1 Å². The summed E-state index contributed by atoms with van der Waals surface area (Å²) in [6, 6.07) is 14.0. The van der Waals surface area contributed by atoms with Crippen molar-refractivity contribution in [2.24, 2.45) is 0 Å². The van der Waals surface area contributed by atoms with Gasteiger partial charge in [-0.1, -0.05) is 18.2 Å². The first-order valence-electron chi connectivity index (χ1n) is 7.63. The summed E-state index contributed by atoms with van der Waals surface area (Å²) in [5.74, 6) is -1.15. The van der Waals surface area contributed by atoms with Crippen molar-refractivity contribution in [1.29, 1.82) is 0 Å². The van der Waals surface area contributed by atoms with E-state index in [1.807, 2.05) is 35.2 Å². The highest BCUT2D eigenvalue weighted by atomic mass is 16.6. The number of hydrogen-bond donors (Lipinski definition) is 1. The standard InChI is InChI=1S/C17H17N3O4/c21-17(22)15-12-14(20(23)24)6-7-16(15)19-10-8-18(9-11-19)13-4-2-1-3-5-13/h1-7,12H,8-11H2,(H,21,22). The molecule has 3 rings (SSSR count). The van der Waals surface area contributed by atoms with Crippen LogP contribution in [0.5, 0.6) is 0 Å². The van der Waals surface area contributed by atoms with Crippen LogP contribution in [0.2, 0.25) is 0 Å². The van der Waals surface area contributed by atoms with E-state index in [0.29, 0.717) is 18.8 Å². The Bertz CT molecular complexity index is 756. The molecule has 0 atom stereocenters. The molecule has 0 saturated carbocycles. The van der Waals surface area contributed by atoms with E-state index in [1.165, 1.54) is 12.1 Å². The predicted octanol–water partition coefficient (Wildman–Crippen LogP) is 2.62. The molecule has 2 aromatic rings. The van der Waals surface area contributed by atoms with Crippen LogP contribution in [0.3, 0.4) is 0 Å². The maximum atomic E-state index is 11.5. The summed E-state index contributed by atoms with van der Waals surface area (Å²) in [7, 11) is 0. The smallest absolute Gasteiger partial charge is 0.338 e. The zero-order chi connectivity index (χ0) is 17.1. The zero-order valence-corrected chi connectivity index (χ0v) is 13.0. The number of aromatic carboxylic acids is 1. The lowest BCUT2D eigenvalue weighted by molar-refractivity contribution is -0.384. The number of carbonyl (C=O) groups is 1. The van der Waals surface area contributed by atoms with Gasteiger partial charge in [0.15, 0.2) is 0 Å². The number of nitro benzene ring substituents is 1. The summed E-state index contributed by atoms with van der Waals surface area (Å²) in [5, 5.41) is 20.2. The minimum atomic E-state index is -1.15. The van der Waals surface area contributed by atoms with Gasteiger partial charge in [0.1, 0.15) is 0 Å². The molecule has 1 heterocycles. The Labute approximate surface area is 138 Å². The Morgan fingerprint density at radius 3 is 2.21 bits per heavy atom. The molecule has 0 amide bonds. The fourth-order valence-corrected chi connectivity index (χ4v) is 2.93. The van der Waals surface area contributed by atoms with Gasteiger partial charge in [0.25, 0.3) is 5.69 Å². The Hall–Kier alpha value is -3.09. The highest BCUT2D eigenvalue weighted by Crippen LogP contribution is 2.27. The molecule has 0 aromatic heterocycles. The number of anilines is 2. The predicted molar refractivity (Wildman–Crippen MR) is 90.9 cm³/mol. The van der Waals surface area contributed by atoms with E-state index in [9.17, 15) is 20.0 Å². The van der Waals surface area contributed by atoms with Crippen molar-refractivity contribution in [1.82, 2.24) is 0 Å². The molecule has 2 aromatic carbocycles. The van der Waals surface area contributed by atoms with E-state index in [4.69, 9.17) is 0 Å². The number of nitro groups is 1. The molecule has 24 heavy (non-hydrogen) atoms. The molecular formula is C17H17N3O4. The van der Waals surface area contributed by atoms with Gasteiger partial charge in [-0.3, -0.25) is 10.1 Å². The Morgan fingerprint density at radius 2 is 1.62 bits per heavy atom. The van der Waals surface area contributed by atoms with Crippen LogP contribution in [-0.4, -0.2) is 42.2 Å². The lowest BCUT2D eigenvalue weighted by Gasteiger charge is -2.37. The van der Waals surface area contributed by atoms with Crippen LogP contribution >= 0.6 is 0 Å². The second-order valence-electron chi connectivity index (χ2n) is 5.57. The molecule has 1 saturated heterocycles. The van der Waals surface area contributed by atoms with Crippen LogP contribution < -0.4 is 9.80 Å². The molecule has 0 aliphatic carbocycles. The first kappa shape index (κ1) is 15.8. The van der Waals surface area contributed by atoms with E-state index in [0.717, 1.165) is 24.8 Å². The summed E-state index contributed by atoms with van der Waals surface area (Å²) in [4.78, 5) is 25.9. The van der Waals surface area contributed by atoms with Gasteiger partial charge in [-0.15, -0.1) is 0 Å². The monoisotopic (exact) mass is 327 g/mol. The van der Waals surface area contributed by atoms with Crippen molar-refractivity contribution in [2.75, 3.05) is 36.0 Å². The lowest BCUT2D eigenvalue weighted by Crippen LogP contribution is -2.47. The molecule has 1 aliphatic heterocycles. The van der Waals surface area contributed by atoms with Crippen molar-refractivity contribution in [3.05, 3.63) is 64.2 Å². The van der Waals surface area contributed by atoms with E-state index >= 15 is 0 Å². The normalized spacial score (nSPS) is 14.5. The van der Waals surface area contributed by atoms with E-state index in [-0.39, 0.29) is 11.3 Å². The highest BCUT2D eigenvalue weighted by molar-refractivity contribution is 5.95. The Balaban J connectivity index is 1.79. The second-order valence-corrected chi connectivity index (χ2v) is 5.57. The average molecular weight is 327 g/mol. The molecule has 0 radical (unpaired) electrons. The summed E-state index contributed by atoms with van der Waals surface area (Å²) in [6.45, 7) is 2.85. The fraction of sp³-hybridized carbons (Fsp3) is 0.235. The molecule has 1 fully saturated rings. The van der Waals surface area contributed by atoms with Gasteiger partial charge >= 0.3 is 5.97 Å². The van der Waals surface area contributed by atoms with Crippen LogP contribution in [-0.2, 0) is 0 Å². The molecule has 0 spiro atoms. The van der Waals surface area contributed by atoms with Crippen LogP contribution in [0.15, 0.2) is 48.5 Å². The quantitative estimate of drug-likeness (QED) is 0.686. The molecule has 7 nitrogen and oxygen atoms in total. The van der Waals surface area contributed by atoms with Crippen LogP contribution in [0.1, 0.15) is 10.4 Å². The van der Waals surface area contributed by atoms with Crippen molar-refractivity contribution in [3.8, 4) is 0 Å². The number of carboxylic acids is 1. The number of piperazine rings is 1. The van der Waals surface area contributed by atoms with Gasteiger partial charge in [-0.2, -0.15) is 0 Å². The Morgan fingerprint density at radius 1 is 1.00 bits per heavy atom. The highest BCUT2D eigenvalue weighted by Gasteiger charge is 2.23. The summed E-state index contributed by atoms with van der Waals surface area (Å²) >= 11 is 0. The zero-order valence-electron chi connectivity index (χ0n) is 13.0. The van der Waals surface area contributed by atoms with Gasteiger partial charge in [0.05, 0.1) is 16.2 Å². The average Bonchev–Trinajstić information content (AvgIpc) is 2.62. The molecule has 1 aliphatic rings. The van der Waals surface area contributed by atoms with E-state index < -0.39 is 10.9 Å². The van der Waals surface area contributed by atoms with Crippen molar-refractivity contribution in [3.63, 3.8) is 0 Å². The molecular weight excluding hydrogens is 310 g/mol. The molecule has 1 N–H and O–H groups in total. The van der Waals surface area contributed by atoms with Crippen molar-refractivity contribution < 1.29 is 14.8 Å². The van der Waals surface area contributed by atoms with Crippen LogP contribution in [0, 0.1) is 10.1 Å². The number of carboxylic acid groups (broad SMARTS) is 1. The van der Waals surface area contributed by atoms with Gasteiger partial charge in [0.2, 0.25) is 0 Å². The minimum Gasteiger partial charge on any atom is -0.478 e. The minimum absolute atomic E-state index is 0.0302. The number of non-ortho nitro benzene ring substituents is 1. The first-order chi connectivity index (χ1) is 11.6. The molecule has 124 valence electrons. The summed E-state index contributed by atoms with van der Waals surface area (Å²) < 4.78 is 0.